The zero-order valence-corrected chi connectivity index (χ0v) is 18.2. The lowest BCUT2D eigenvalue weighted by atomic mass is 10.1. The summed E-state index contributed by atoms with van der Waals surface area (Å²) >= 11 is 6.41. The average molecular weight is 516 g/mol. The number of amides is 2. The zero-order chi connectivity index (χ0) is 20.7. The van der Waals surface area contributed by atoms with Crippen LogP contribution in [0.15, 0.2) is 45.3 Å². The Bertz CT molecular complexity index is 837. The van der Waals surface area contributed by atoms with E-state index in [1.165, 1.54) is 0 Å². The number of benzene rings is 2. The van der Waals surface area contributed by atoms with Crippen molar-refractivity contribution >= 4 is 43.9 Å². The number of phenols is 1. The summed E-state index contributed by atoms with van der Waals surface area (Å²) in [6.07, 6.45) is 0.611. The van der Waals surface area contributed by atoms with Crippen LogP contribution in [0.1, 0.15) is 11.1 Å². The number of carbonyl (C=O) groups excluding carboxylic acids is 1. The van der Waals surface area contributed by atoms with E-state index < -0.39 is 18.0 Å². The molecule has 0 unspecified atom stereocenters. The molecule has 2 rings (SSSR count). The number of nitrogens with one attached hydrogen (secondary N) is 2. The van der Waals surface area contributed by atoms with Gasteiger partial charge in [-0.3, -0.25) is 0 Å². The molecule has 0 aliphatic rings. The number of carboxylic acids is 1. The molecular weight excluding hydrogens is 496 g/mol. The molecule has 0 aliphatic carbocycles. The van der Waals surface area contributed by atoms with Crippen molar-refractivity contribution in [2.75, 3.05) is 13.7 Å². The Kier molecular flexibility index (Phi) is 8.13. The third kappa shape index (κ3) is 6.13. The third-order valence-electron chi connectivity index (χ3n) is 3.99. The first kappa shape index (κ1) is 22.0. The molecule has 0 aliphatic heterocycles. The number of ether oxygens (including phenoxy) is 1. The number of carbonyl (C=O) groups is 2. The second-order valence-corrected chi connectivity index (χ2v) is 7.67. The molecule has 0 saturated heterocycles. The minimum Gasteiger partial charge on any atom is -0.506 e. The highest BCUT2D eigenvalue weighted by molar-refractivity contribution is 9.11. The molecule has 2 aromatic rings. The average Bonchev–Trinajstić information content (AvgIpc) is 2.65. The number of rotatable bonds is 8. The highest BCUT2D eigenvalue weighted by atomic mass is 79.9. The molecule has 0 heterocycles. The number of halogens is 2. The highest BCUT2D eigenvalue weighted by Gasteiger charge is 2.21. The van der Waals surface area contributed by atoms with Crippen LogP contribution in [0.3, 0.4) is 0 Å². The van der Waals surface area contributed by atoms with Gasteiger partial charge in [0.15, 0.2) is 0 Å². The Morgan fingerprint density at radius 1 is 1.18 bits per heavy atom. The molecule has 0 radical (unpaired) electrons. The molecular formula is C19H20Br2N2O5. The molecule has 0 saturated carbocycles. The van der Waals surface area contributed by atoms with Gasteiger partial charge in [0.05, 0.1) is 16.1 Å². The largest absolute Gasteiger partial charge is 0.506 e. The van der Waals surface area contributed by atoms with Crippen molar-refractivity contribution in [1.82, 2.24) is 10.6 Å². The maximum absolute atomic E-state index is 12.1. The SMILES string of the molecule is COc1ccccc1CCNC(=O)N[C@H](Cc1cc(Br)c(O)c(Br)c1)C(=O)O. The quantitative estimate of drug-likeness (QED) is 0.430. The summed E-state index contributed by atoms with van der Waals surface area (Å²) in [5.41, 5.74) is 1.58. The highest BCUT2D eigenvalue weighted by Crippen LogP contribution is 2.33. The van der Waals surface area contributed by atoms with Gasteiger partial charge in [-0.2, -0.15) is 0 Å². The maximum atomic E-state index is 12.1. The first-order chi connectivity index (χ1) is 13.3. The molecule has 7 nitrogen and oxygen atoms in total. The van der Waals surface area contributed by atoms with Crippen LogP contribution >= 0.6 is 31.9 Å². The van der Waals surface area contributed by atoms with Gasteiger partial charge in [-0.1, -0.05) is 18.2 Å². The molecule has 150 valence electrons. The lowest BCUT2D eigenvalue weighted by Gasteiger charge is -2.16. The van der Waals surface area contributed by atoms with E-state index in [4.69, 9.17) is 4.74 Å². The van der Waals surface area contributed by atoms with Crippen LogP contribution < -0.4 is 15.4 Å². The van der Waals surface area contributed by atoms with Gasteiger partial charge < -0.3 is 25.6 Å². The molecule has 2 aromatic carbocycles. The standard InChI is InChI=1S/C19H20Br2N2O5/c1-28-16-5-3-2-4-12(16)6-7-22-19(27)23-15(18(25)26)10-11-8-13(20)17(24)14(21)9-11/h2-5,8-9,15,24H,6-7,10H2,1H3,(H,25,26)(H2,22,23,27)/t15-/m1/s1. The number of carboxylic acid groups (broad SMARTS) is 1. The molecule has 0 bridgehead atoms. The Morgan fingerprint density at radius 3 is 2.43 bits per heavy atom. The molecule has 28 heavy (non-hydrogen) atoms. The van der Waals surface area contributed by atoms with E-state index in [0.717, 1.165) is 11.3 Å². The molecule has 2 amide bonds. The fourth-order valence-electron chi connectivity index (χ4n) is 2.60. The van der Waals surface area contributed by atoms with E-state index in [0.29, 0.717) is 27.5 Å². The second-order valence-electron chi connectivity index (χ2n) is 5.97. The van der Waals surface area contributed by atoms with E-state index >= 15 is 0 Å². The first-order valence-electron chi connectivity index (χ1n) is 8.37. The molecule has 1 atom stereocenters. The topological polar surface area (TPSA) is 108 Å². The number of aromatic hydroxyl groups is 1. The molecule has 0 aromatic heterocycles. The number of aliphatic carboxylic acids is 1. The second kappa shape index (κ2) is 10.3. The van der Waals surface area contributed by atoms with Crippen molar-refractivity contribution in [3.63, 3.8) is 0 Å². The van der Waals surface area contributed by atoms with E-state index in [-0.39, 0.29) is 12.2 Å². The van der Waals surface area contributed by atoms with Crippen LogP contribution in [-0.4, -0.2) is 41.9 Å². The van der Waals surface area contributed by atoms with Gasteiger partial charge in [0.1, 0.15) is 17.5 Å². The van der Waals surface area contributed by atoms with E-state index in [1.807, 2.05) is 24.3 Å². The van der Waals surface area contributed by atoms with Gasteiger partial charge in [0.2, 0.25) is 0 Å². The summed E-state index contributed by atoms with van der Waals surface area (Å²) in [6.45, 7) is 0.328. The van der Waals surface area contributed by atoms with Crippen LogP contribution in [0.2, 0.25) is 0 Å². The molecule has 0 fully saturated rings. The summed E-state index contributed by atoms with van der Waals surface area (Å²) in [4.78, 5) is 23.6. The monoisotopic (exact) mass is 514 g/mol. The van der Waals surface area contributed by atoms with Crippen LogP contribution in [-0.2, 0) is 17.6 Å². The van der Waals surface area contributed by atoms with Crippen LogP contribution in [0.5, 0.6) is 11.5 Å². The van der Waals surface area contributed by atoms with Crippen molar-refractivity contribution in [2.24, 2.45) is 0 Å². The van der Waals surface area contributed by atoms with Crippen LogP contribution in [0.4, 0.5) is 4.79 Å². The Hall–Kier alpha value is -2.26. The van der Waals surface area contributed by atoms with E-state index in [9.17, 15) is 19.8 Å². The normalized spacial score (nSPS) is 11.5. The Labute approximate surface area is 179 Å². The summed E-state index contributed by atoms with van der Waals surface area (Å²) in [5, 5.41) is 24.3. The third-order valence-corrected chi connectivity index (χ3v) is 5.20. The minimum absolute atomic E-state index is 0.0256. The maximum Gasteiger partial charge on any atom is 0.326 e. The van der Waals surface area contributed by atoms with Gasteiger partial charge in [-0.15, -0.1) is 0 Å². The Morgan fingerprint density at radius 2 is 1.82 bits per heavy atom. The minimum atomic E-state index is -1.15. The molecule has 9 heteroatoms. The first-order valence-corrected chi connectivity index (χ1v) is 9.96. The number of phenolic OH excluding ortho intramolecular Hbond substituents is 1. The number of urea groups is 1. The lowest BCUT2D eigenvalue weighted by Crippen LogP contribution is -2.47. The number of methoxy groups -OCH3 is 1. The number of hydrogen-bond acceptors (Lipinski definition) is 4. The summed E-state index contributed by atoms with van der Waals surface area (Å²) in [7, 11) is 1.58. The lowest BCUT2D eigenvalue weighted by molar-refractivity contribution is -0.139. The fourth-order valence-corrected chi connectivity index (χ4v) is 3.88. The summed E-state index contributed by atoms with van der Waals surface area (Å²) < 4.78 is 6.13. The van der Waals surface area contributed by atoms with Crippen LogP contribution in [0.25, 0.3) is 0 Å². The predicted octanol–water partition coefficient (Wildman–Crippen LogP) is 3.46. The summed E-state index contributed by atoms with van der Waals surface area (Å²) in [6, 6.07) is 9.01. The van der Waals surface area contributed by atoms with Gasteiger partial charge in [0.25, 0.3) is 0 Å². The van der Waals surface area contributed by atoms with Gasteiger partial charge in [-0.05, 0) is 67.6 Å². The fraction of sp³-hybridized carbons (Fsp3) is 0.263. The smallest absolute Gasteiger partial charge is 0.326 e. The van der Waals surface area contributed by atoms with Gasteiger partial charge in [0, 0.05) is 13.0 Å². The summed E-state index contributed by atoms with van der Waals surface area (Å²) in [5.74, 6) is -0.394. The van der Waals surface area contributed by atoms with E-state index in [1.54, 1.807) is 19.2 Å². The predicted molar refractivity (Wildman–Crippen MR) is 112 cm³/mol. The van der Waals surface area contributed by atoms with Gasteiger partial charge >= 0.3 is 12.0 Å². The number of para-hydroxylation sites is 1. The van der Waals surface area contributed by atoms with E-state index in [2.05, 4.69) is 42.5 Å². The van der Waals surface area contributed by atoms with Gasteiger partial charge in [-0.25, -0.2) is 9.59 Å². The molecule has 4 N–H and O–H groups in total. The van der Waals surface area contributed by atoms with Crippen molar-refractivity contribution in [3.8, 4) is 11.5 Å². The van der Waals surface area contributed by atoms with Crippen molar-refractivity contribution in [1.29, 1.82) is 0 Å². The molecule has 0 spiro atoms. The van der Waals surface area contributed by atoms with Crippen LogP contribution in [0, 0.1) is 0 Å². The van der Waals surface area contributed by atoms with Crippen molar-refractivity contribution in [3.05, 3.63) is 56.5 Å². The Balaban J connectivity index is 1.93. The number of hydrogen-bond donors (Lipinski definition) is 4. The van der Waals surface area contributed by atoms with Crippen molar-refractivity contribution in [2.45, 2.75) is 18.9 Å². The zero-order valence-electron chi connectivity index (χ0n) is 15.0. The van der Waals surface area contributed by atoms with Crippen molar-refractivity contribution < 1.29 is 24.5 Å².